The van der Waals surface area contributed by atoms with Gasteiger partial charge in [0.25, 0.3) is 0 Å². The number of aryl methyl sites for hydroxylation is 4. The first-order chi connectivity index (χ1) is 8.90. The molecule has 0 amide bonds. The molecular formula is C16H19FN2. The molecule has 1 aromatic heterocycles. The third kappa shape index (κ3) is 2.66. The molecule has 2 N–H and O–H groups in total. The van der Waals surface area contributed by atoms with Crippen LogP contribution in [0.3, 0.4) is 0 Å². The summed E-state index contributed by atoms with van der Waals surface area (Å²) in [6.07, 6.45) is 0. The summed E-state index contributed by atoms with van der Waals surface area (Å²) in [7, 11) is 0. The van der Waals surface area contributed by atoms with Crippen molar-refractivity contribution in [2.75, 3.05) is 0 Å². The molecule has 0 aliphatic rings. The summed E-state index contributed by atoms with van der Waals surface area (Å²) in [5.74, 6) is -0.245. The van der Waals surface area contributed by atoms with Gasteiger partial charge in [-0.1, -0.05) is 12.1 Å². The summed E-state index contributed by atoms with van der Waals surface area (Å²) >= 11 is 0. The molecule has 0 aliphatic carbocycles. The first-order valence-corrected chi connectivity index (χ1v) is 6.36. The number of aromatic nitrogens is 1. The lowest BCUT2D eigenvalue weighted by atomic mass is 9.93. The van der Waals surface area contributed by atoms with Gasteiger partial charge in [-0.05, 0) is 56.5 Å². The molecule has 0 bridgehead atoms. The van der Waals surface area contributed by atoms with E-state index in [9.17, 15) is 4.39 Å². The fraction of sp³-hybridized carbons (Fsp3) is 0.312. The highest BCUT2D eigenvalue weighted by atomic mass is 19.1. The second kappa shape index (κ2) is 5.10. The van der Waals surface area contributed by atoms with Gasteiger partial charge < -0.3 is 5.73 Å². The Bertz CT molecular complexity index is 597. The standard InChI is InChI=1S/C16H19FN2/c1-9-7-10(2)15(14(17)8-9)16(18)13-6-5-11(3)19-12(13)4/h5-8,16H,18H2,1-4H3. The van der Waals surface area contributed by atoms with Crippen LogP contribution in [0.5, 0.6) is 0 Å². The number of nitrogens with two attached hydrogens (primary N) is 1. The maximum atomic E-state index is 14.2. The monoisotopic (exact) mass is 258 g/mol. The van der Waals surface area contributed by atoms with Crippen LogP contribution in [0.4, 0.5) is 4.39 Å². The first kappa shape index (κ1) is 13.7. The van der Waals surface area contributed by atoms with Gasteiger partial charge in [0.05, 0.1) is 6.04 Å². The zero-order valence-electron chi connectivity index (χ0n) is 11.8. The number of benzene rings is 1. The number of rotatable bonds is 2. The molecule has 0 fully saturated rings. The molecule has 2 rings (SSSR count). The molecule has 0 radical (unpaired) electrons. The quantitative estimate of drug-likeness (QED) is 0.895. The van der Waals surface area contributed by atoms with Crippen LogP contribution in [-0.4, -0.2) is 4.98 Å². The second-order valence-electron chi connectivity index (χ2n) is 5.08. The Hall–Kier alpha value is -1.74. The van der Waals surface area contributed by atoms with Gasteiger partial charge in [-0.3, -0.25) is 4.98 Å². The Morgan fingerprint density at radius 2 is 1.79 bits per heavy atom. The molecule has 19 heavy (non-hydrogen) atoms. The van der Waals surface area contributed by atoms with Crippen LogP contribution in [0, 0.1) is 33.5 Å². The molecule has 1 unspecified atom stereocenters. The summed E-state index contributed by atoms with van der Waals surface area (Å²) in [4.78, 5) is 4.39. The Morgan fingerprint density at radius 3 is 2.37 bits per heavy atom. The zero-order valence-corrected chi connectivity index (χ0v) is 11.8. The van der Waals surface area contributed by atoms with Crippen LogP contribution < -0.4 is 5.73 Å². The van der Waals surface area contributed by atoms with Crippen molar-refractivity contribution in [2.45, 2.75) is 33.7 Å². The van der Waals surface area contributed by atoms with E-state index in [0.717, 1.165) is 28.1 Å². The largest absolute Gasteiger partial charge is 0.320 e. The molecule has 1 heterocycles. The highest BCUT2D eigenvalue weighted by Crippen LogP contribution is 2.27. The fourth-order valence-electron chi connectivity index (χ4n) is 2.50. The minimum atomic E-state index is -0.478. The van der Waals surface area contributed by atoms with Crippen molar-refractivity contribution >= 4 is 0 Å². The lowest BCUT2D eigenvalue weighted by molar-refractivity contribution is 0.595. The van der Waals surface area contributed by atoms with Crippen molar-refractivity contribution in [1.29, 1.82) is 0 Å². The molecule has 0 saturated carbocycles. The number of halogens is 1. The highest BCUT2D eigenvalue weighted by Gasteiger charge is 2.18. The molecule has 3 heteroatoms. The molecule has 0 saturated heterocycles. The van der Waals surface area contributed by atoms with E-state index in [4.69, 9.17) is 5.73 Å². The zero-order chi connectivity index (χ0) is 14.2. The van der Waals surface area contributed by atoms with Gasteiger partial charge in [-0.25, -0.2) is 4.39 Å². The van der Waals surface area contributed by atoms with E-state index in [-0.39, 0.29) is 5.82 Å². The van der Waals surface area contributed by atoms with Crippen molar-refractivity contribution in [2.24, 2.45) is 5.73 Å². The summed E-state index contributed by atoms with van der Waals surface area (Å²) < 4.78 is 14.2. The summed E-state index contributed by atoms with van der Waals surface area (Å²) in [6, 6.07) is 6.84. The van der Waals surface area contributed by atoms with E-state index in [2.05, 4.69) is 4.98 Å². The van der Waals surface area contributed by atoms with Crippen molar-refractivity contribution in [1.82, 2.24) is 4.98 Å². The van der Waals surface area contributed by atoms with E-state index >= 15 is 0 Å². The Balaban J connectivity index is 2.53. The van der Waals surface area contributed by atoms with Crippen molar-refractivity contribution in [3.8, 4) is 0 Å². The number of hydrogen-bond acceptors (Lipinski definition) is 2. The predicted molar refractivity (Wildman–Crippen MR) is 75.6 cm³/mol. The predicted octanol–water partition coefficient (Wildman–Crippen LogP) is 3.50. The van der Waals surface area contributed by atoms with Crippen molar-refractivity contribution in [3.63, 3.8) is 0 Å². The molecule has 0 spiro atoms. The number of nitrogens with zero attached hydrogens (tertiary/aromatic N) is 1. The molecule has 100 valence electrons. The number of hydrogen-bond donors (Lipinski definition) is 1. The van der Waals surface area contributed by atoms with Gasteiger partial charge in [0.1, 0.15) is 5.82 Å². The van der Waals surface area contributed by atoms with Crippen LogP contribution >= 0.6 is 0 Å². The van der Waals surface area contributed by atoms with E-state index in [1.54, 1.807) is 0 Å². The maximum absolute atomic E-state index is 14.2. The van der Waals surface area contributed by atoms with E-state index in [1.807, 2.05) is 45.9 Å². The van der Waals surface area contributed by atoms with Gasteiger partial charge in [0.15, 0.2) is 0 Å². The second-order valence-corrected chi connectivity index (χ2v) is 5.08. The van der Waals surface area contributed by atoms with E-state index in [1.165, 1.54) is 6.07 Å². The SMILES string of the molecule is Cc1cc(C)c(C(N)c2ccc(C)nc2C)c(F)c1. The maximum Gasteiger partial charge on any atom is 0.128 e. The first-order valence-electron chi connectivity index (χ1n) is 6.36. The van der Waals surface area contributed by atoms with Gasteiger partial charge >= 0.3 is 0 Å². The third-order valence-corrected chi connectivity index (χ3v) is 3.39. The lowest BCUT2D eigenvalue weighted by Gasteiger charge is -2.18. The Labute approximate surface area is 113 Å². The van der Waals surface area contributed by atoms with Gasteiger partial charge in [-0.2, -0.15) is 0 Å². The summed E-state index contributed by atoms with van der Waals surface area (Å²) in [5, 5.41) is 0. The normalized spacial score (nSPS) is 12.5. The molecule has 1 atom stereocenters. The lowest BCUT2D eigenvalue weighted by Crippen LogP contribution is -2.17. The average Bonchev–Trinajstić information content (AvgIpc) is 2.26. The fourth-order valence-corrected chi connectivity index (χ4v) is 2.50. The minimum Gasteiger partial charge on any atom is -0.320 e. The smallest absolute Gasteiger partial charge is 0.128 e. The Kier molecular flexibility index (Phi) is 3.67. The van der Waals surface area contributed by atoms with Gasteiger partial charge in [0.2, 0.25) is 0 Å². The van der Waals surface area contributed by atoms with E-state index < -0.39 is 6.04 Å². The molecule has 2 aromatic rings. The van der Waals surface area contributed by atoms with Crippen LogP contribution in [0.1, 0.15) is 39.7 Å². The molecule has 0 aliphatic heterocycles. The molecule has 2 nitrogen and oxygen atoms in total. The third-order valence-electron chi connectivity index (χ3n) is 3.39. The topological polar surface area (TPSA) is 38.9 Å². The van der Waals surface area contributed by atoms with Crippen LogP contribution in [-0.2, 0) is 0 Å². The van der Waals surface area contributed by atoms with E-state index in [0.29, 0.717) is 5.56 Å². The Morgan fingerprint density at radius 1 is 1.11 bits per heavy atom. The number of pyridine rings is 1. The van der Waals surface area contributed by atoms with Crippen LogP contribution in [0.25, 0.3) is 0 Å². The summed E-state index contributed by atoms with van der Waals surface area (Å²) in [6.45, 7) is 7.61. The van der Waals surface area contributed by atoms with Gasteiger partial charge in [-0.15, -0.1) is 0 Å². The highest BCUT2D eigenvalue weighted by molar-refractivity contribution is 5.41. The molecule has 1 aromatic carbocycles. The molecular weight excluding hydrogens is 239 g/mol. The van der Waals surface area contributed by atoms with Crippen molar-refractivity contribution in [3.05, 3.63) is 63.7 Å². The average molecular weight is 258 g/mol. The van der Waals surface area contributed by atoms with Crippen LogP contribution in [0.2, 0.25) is 0 Å². The van der Waals surface area contributed by atoms with Crippen LogP contribution in [0.15, 0.2) is 24.3 Å². The van der Waals surface area contributed by atoms with Gasteiger partial charge in [0, 0.05) is 17.0 Å². The minimum absolute atomic E-state index is 0.245. The van der Waals surface area contributed by atoms with Crippen molar-refractivity contribution < 1.29 is 4.39 Å². The summed E-state index contributed by atoms with van der Waals surface area (Å²) in [5.41, 5.74) is 11.2.